The summed E-state index contributed by atoms with van der Waals surface area (Å²) in [6, 6.07) is 15.5. The van der Waals surface area contributed by atoms with Gasteiger partial charge in [-0.05, 0) is 55.2 Å². The average molecular weight is 462 g/mol. The first-order chi connectivity index (χ1) is 16.1. The molecule has 0 aliphatic heterocycles. The predicted molar refractivity (Wildman–Crippen MR) is 130 cm³/mol. The number of hydrogen-bond donors (Lipinski definition) is 1. The first-order valence-corrected chi connectivity index (χ1v) is 11.9. The summed E-state index contributed by atoms with van der Waals surface area (Å²) >= 11 is 1.37. The van der Waals surface area contributed by atoms with E-state index in [2.05, 4.69) is 40.4 Å². The third-order valence-corrected chi connectivity index (χ3v) is 6.62. The molecule has 3 aromatic heterocycles. The molecular formula is C25H27N5O2S. The normalized spacial score (nSPS) is 12.9. The highest BCUT2D eigenvalue weighted by Crippen LogP contribution is 2.30. The third-order valence-electron chi connectivity index (χ3n) is 5.54. The molecule has 0 saturated heterocycles. The van der Waals surface area contributed by atoms with Gasteiger partial charge in [0.2, 0.25) is 5.91 Å². The van der Waals surface area contributed by atoms with E-state index >= 15 is 0 Å². The van der Waals surface area contributed by atoms with Crippen LogP contribution in [0.5, 0.6) is 0 Å². The first kappa shape index (κ1) is 22.8. The highest BCUT2D eigenvalue weighted by molar-refractivity contribution is 8.00. The van der Waals surface area contributed by atoms with E-state index in [0.717, 1.165) is 29.0 Å². The van der Waals surface area contributed by atoms with Gasteiger partial charge in [-0.2, -0.15) is 0 Å². The van der Waals surface area contributed by atoms with Gasteiger partial charge in [-0.3, -0.25) is 14.3 Å². The molecule has 0 aliphatic rings. The Morgan fingerprint density at radius 2 is 1.97 bits per heavy atom. The molecule has 0 bridgehead atoms. The first-order valence-electron chi connectivity index (χ1n) is 11.0. The van der Waals surface area contributed by atoms with E-state index < -0.39 is 0 Å². The van der Waals surface area contributed by atoms with Crippen LogP contribution >= 0.6 is 11.8 Å². The van der Waals surface area contributed by atoms with Gasteiger partial charge in [0, 0.05) is 23.6 Å². The summed E-state index contributed by atoms with van der Waals surface area (Å²) in [4.78, 5) is 17.3. The van der Waals surface area contributed by atoms with Crippen LogP contribution in [0.15, 0.2) is 76.8 Å². The number of hydrogen-bond acceptors (Lipinski definition) is 6. The van der Waals surface area contributed by atoms with Gasteiger partial charge in [-0.15, -0.1) is 10.2 Å². The van der Waals surface area contributed by atoms with Crippen molar-refractivity contribution in [2.75, 3.05) is 5.32 Å². The molecule has 1 aromatic carbocycles. The largest absolute Gasteiger partial charge is 0.467 e. The summed E-state index contributed by atoms with van der Waals surface area (Å²) in [6.07, 6.45) is 6.11. The summed E-state index contributed by atoms with van der Waals surface area (Å²) in [5, 5.41) is 12.1. The number of aromatic nitrogens is 4. The molecule has 33 heavy (non-hydrogen) atoms. The van der Waals surface area contributed by atoms with E-state index in [4.69, 9.17) is 4.42 Å². The van der Waals surface area contributed by atoms with Crippen LogP contribution < -0.4 is 5.32 Å². The number of pyridine rings is 1. The number of carbonyl (C=O) groups is 1. The Balaban J connectivity index is 1.56. The number of para-hydroxylation sites is 1. The maximum absolute atomic E-state index is 13.1. The number of nitrogens with one attached hydrogen (secondary N) is 1. The van der Waals surface area contributed by atoms with Gasteiger partial charge in [0.05, 0.1) is 18.1 Å². The summed E-state index contributed by atoms with van der Waals surface area (Å²) in [6.45, 7) is 6.65. The van der Waals surface area contributed by atoms with Crippen LogP contribution in [-0.2, 0) is 11.3 Å². The number of furan rings is 1. The van der Waals surface area contributed by atoms with Gasteiger partial charge in [0.25, 0.3) is 0 Å². The summed E-state index contributed by atoms with van der Waals surface area (Å²) in [7, 11) is 0. The minimum Gasteiger partial charge on any atom is -0.467 e. The quantitative estimate of drug-likeness (QED) is 0.326. The zero-order valence-corrected chi connectivity index (χ0v) is 19.7. The number of carbonyl (C=O) groups excluding carboxylic acids is 1. The minimum absolute atomic E-state index is 0.0776. The van der Waals surface area contributed by atoms with Crippen molar-refractivity contribution in [1.82, 2.24) is 19.7 Å². The lowest BCUT2D eigenvalue weighted by Gasteiger charge is -2.18. The molecule has 0 aliphatic carbocycles. The Hall–Kier alpha value is -3.39. The Labute approximate surface area is 197 Å². The van der Waals surface area contributed by atoms with Crippen molar-refractivity contribution in [3.63, 3.8) is 0 Å². The lowest BCUT2D eigenvalue weighted by Crippen LogP contribution is -2.24. The van der Waals surface area contributed by atoms with Crippen molar-refractivity contribution in [3.8, 4) is 11.4 Å². The topological polar surface area (TPSA) is 85.8 Å². The maximum atomic E-state index is 13.1. The molecule has 0 saturated carbocycles. The molecule has 3 heterocycles. The number of benzene rings is 1. The second kappa shape index (κ2) is 10.5. The monoisotopic (exact) mass is 461 g/mol. The van der Waals surface area contributed by atoms with Gasteiger partial charge < -0.3 is 9.73 Å². The van der Waals surface area contributed by atoms with Gasteiger partial charge in [-0.25, -0.2) is 0 Å². The lowest BCUT2D eigenvalue weighted by molar-refractivity contribution is -0.115. The molecule has 4 rings (SSSR count). The Bertz CT molecular complexity index is 1190. The number of anilines is 1. The molecule has 170 valence electrons. The highest BCUT2D eigenvalue weighted by atomic mass is 32.2. The zero-order valence-electron chi connectivity index (χ0n) is 18.9. The van der Waals surface area contributed by atoms with E-state index in [-0.39, 0.29) is 11.2 Å². The van der Waals surface area contributed by atoms with Crippen molar-refractivity contribution < 1.29 is 9.21 Å². The molecule has 0 radical (unpaired) electrons. The van der Waals surface area contributed by atoms with E-state index in [9.17, 15) is 4.79 Å². The standard InChI is InChI=1S/C25H27N5O2S/c1-4-17(2)21-11-5-6-12-22(21)27-24(31)18(3)33-25-29-28-23(19-9-7-13-26-15-19)30(25)16-20-10-8-14-32-20/h5-15,17-18H,4,16H2,1-3H3,(H,27,31). The maximum Gasteiger partial charge on any atom is 0.237 e. The molecule has 4 aromatic rings. The SMILES string of the molecule is CCC(C)c1ccccc1NC(=O)C(C)Sc1nnc(-c2cccnc2)n1Cc1ccco1. The second-order valence-corrected chi connectivity index (χ2v) is 9.17. The average Bonchev–Trinajstić information content (AvgIpc) is 3.50. The molecule has 8 heteroatoms. The van der Waals surface area contributed by atoms with Crippen molar-refractivity contribution in [2.45, 2.75) is 50.1 Å². The number of amides is 1. The van der Waals surface area contributed by atoms with E-state index in [1.807, 2.05) is 54.0 Å². The molecule has 1 amide bonds. The smallest absolute Gasteiger partial charge is 0.237 e. The van der Waals surface area contributed by atoms with E-state index in [0.29, 0.717) is 23.4 Å². The third kappa shape index (κ3) is 5.34. The van der Waals surface area contributed by atoms with E-state index in [1.54, 1.807) is 18.7 Å². The van der Waals surface area contributed by atoms with E-state index in [1.165, 1.54) is 11.8 Å². The number of rotatable bonds is 9. The molecular weight excluding hydrogens is 434 g/mol. The molecule has 1 N–H and O–H groups in total. The fraction of sp³-hybridized carbons (Fsp3) is 0.280. The zero-order chi connectivity index (χ0) is 23.2. The van der Waals surface area contributed by atoms with Crippen LogP contribution in [0.25, 0.3) is 11.4 Å². The summed E-state index contributed by atoms with van der Waals surface area (Å²) < 4.78 is 7.51. The van der Waals surface area contributed by atoms with Crippen molar-refractivity contribution in [3.05, 3.63) is 78.5 Å². The number of thioether (sulfide) groups is 1. The van der Waals surface area contributed by atoms with Crippen LogP contribution in [-0.4, -0.2) is 30.9 Å². The predicted octanol–water partition coefficient (Wildman–Crippen LogP) is 5.61. The minimum atomic E-state index is -0.378. The van der Waals surface area contributed by atoms with Crippen molar-refractivity contribution >= 4 is 23.4 Å². The van der Waals surface area contributed by atoms with Crippen molar-refractivity contribution in [1.29, 1.82) is 0 Å². The Morgan fingerprint density at radius 3 is 2.70 bits per heavy atom. The van der Waals surface area contributed by atoms with Crippen LogP contribution in [0.4, 0.5) is 5.69 Å². The second-order valence-electron chi connectivity index (χ2n) is 7.86. The van der Waals surface area contributed by atoms with Gasteiger partial charge in [0.1, 0.15) is 5.76 Å². The molecule has 2 unspecified atom stereocenters. The highest BCUT2D eigenvalue weighted by Gasteiger charge is 2.22. The van der Waals surface area contributed by atoms with Gasteiger partial charge >= 0.3 is 0 Å². The molecule has 2 atom stereocenters. The molecule has 0 fully saturated rings. The number of nitrogens with zero attached hydrogens (tertiary/aromatic N) is 4. The molecule has 7 nitrogen and oxygen atoms in total. The Kier molecular flexibility index (Phi) is 7.24. The van der Waals surface area contributed by atoms with Crippen LogP contribution in [0.2, 0.25) is 0 Å². The fourth-order valence-electron chi connectivity index (χ4n) is 3.49. The van der Waals surface area contributed by atoms with Crippen LogP contribution in [0.1, 0.15) is 44.4 Å². The van der Waals surface area contributed by atoms with Crippen LogP contribution in [0, 0.1) is 0 Å². The fourth-order valence-corrected chi connectivity index (χ4v) is 4.34. The Morgan fingerprint density at radius 1 is 1.12 bits per heavy atom. The lowest BCUT2D eigenvalue weighted by atomic mass is 9.97. The summed E-state index contributed by atoms with van der Waals surface area (Å²) in [5.74, 6) is 1.74. The van der Waals surface area contributed by atoms with Gasteiger partial charge in [0.15, 0.2) is 11.0 Å². The summed E-state index contributed by atoms with van der Waals surface area (Å²) in [5.41, 5.74) is 2.85. The van der Waals surface area contributed by atoms with Crippen LogP contribution in [0.3, 0.4) is 0 Å². The van der Waals surface area contributed by atoms with Gasteiger partial charge in [-0.1, -0.05) is 43.8 Å². The van der Waals surface area contributed by atoms with Crippen molar-refractivity contribution in [2.24, 2.45) is 0 Å². The molecule has 0 spiro atoms.